The maximum absolute atomic E-state index is 11.2. The largest absolute Gasteiger partial charge is 0.508 e. The lowest BCUT2D eigenvalue weighted by molar-refractivity contribution is 0.211. The molecule has 2 heteroatoms. The fourth-order valence-electron chi connectivity index (χ4n) is 8.32. The molecule has 304 valence electrons. The van der Waals surface area contributed by atoms with Crippen LogP contribution in [0.15, 0.2) is 48.5 Å². The third-order valence-electron chi connectivity index (χ3n) is 11.8. The summed E-state index contributed by atoms with van der Waals surface area (Å²) < 4.78 is 0. The third kappa shape index (κ3) is 24.4. The standard InChI is InChI=1S/C51H89NO/c1-4-7-10-13-16-19-21-23-25-28-31-36-45-52(46-37-32-29-26-24-22-20-17-14-11-8-5-2)51(49-39-34-35-40-50(49)53)48-43-41-47(42-44-48)38-33-30-27-18-15-12-9-6-3/h34-35,39-44,51,53H,4-33,36-38,45-46H2,1-3H3. The zero-order chi connectivity index (χ0) is 37.9. The van der Waals surface area contributed by atoms with E-state index >= 15 is 0 Å². The predicted octanol–water partition coefficient (Wildman–Crippen LogP) is 16.9. The molecule has 0 aliphatic rings. The molecule has 2 aromatic carbocycles. The number of phenolic OH excluding ortho intramolecular Hbond substituents is 1. The molecule has 0 amide bonds. The summed E-state index contributed by atoms with van der Waals surface area (Å²) >= 11 is 0. The van der Waals surface area contributed by atoms with Crippen LogP contribution in [0, 0.1) is 0 Å². The molecule has 0 fully saturated rings. The van der Waals surface area contributed by atoms with Gasteiger partial charge in [0.1, 0.15) is 5.75 Å². The SMILES string of the molecule is CCCCCCCCCCCCCCN(CCCCCCCCCCCCCC)C(c1ccc(CCCCCCCCCC)cc1)c1ccccc1O. The van der Waals surface area contributed by atoms with Crippen molar-refractivity contribution in [3.05, 3.63) is 65.2 Å². The van der Waals surface area contributed by atoms with Crippen molar-refractivity contribution >= 4 is 0 Å². The normalized spacial score (nSPS) is 12.2. The number of hydrogen-bond acceptors (Lipinski definition) is 2. The summed E-state index contributed by atoms with van der Waals surface area (Å²) in [4.78, 5) is 2.73. The van der Waals surface area contributed by atoms with Crippen LogP contribution in [0.25, 0.3) is 0 Å². The molecule has 0 heterocycles. The van der Waals surface area contributed by atoms with Crippen LogP contribution in [0.5, 0.6) is 5.75 Å². The highest BCUT2D eigenvalue weighted by Gasteiger charge is 2.24. The van der Waals surface area contributed by atoms with E-state index in [-0.39, 0.29) is 6.04 Å². The van der Waals surface area contributed by atoms with Crippen molar-refractivity contribution in [1.29, 1.82) is 0 Å². The van der Waals surface area contributed by atoms with Crippen LogP contribution in [0.4, 0.5) is 0 Å². The number of nitrogens with zero attached hydrogens (tertiary/aromatic N) is 1. The average molecular weight is 732 g/mol. The van der Waals surface area contributed by atoms with Crippen molar-refractivity contribution in [3.8, 4) is 5.75 Å². The topological polar surface area (TPSA) is 23.5 Å². The van der Waals surface area contributed by atoms with Gasteiger partial charge in [0, 0.05) is 5.56 Å². The molecule has 0 aliphatic heterocycles. The maximum atomic E-state index is 11.2. The molecule has 0 saturated carbocycles. The lowest BCUT2D eigenvalue weighted by Crippen LogP contribution is -2.32. The quantitative estimate of drug-likeness (QED) is 0.0695. The number of phenols is 1. The van der Waals surface area contributed by atoms with E-state index in [0.29, 0.717) is 5.75 Å². The number of para-hydroxylation sites is 1. The highest BCUT2D eigenvalue weighted by molar-refractivity contribution is 5.41. The van der Waals surface area contributed by atoms with E-state index in [4.69, 9.17) is 0 Å². The minimum absolute atomic E-state index is 0.105. The van der Waals surface area contributed by atoms with Gasteiger partial charge in [-0.1, -0.05) is 249 Å². The fraction of sp³-hybridized carbons (Fsp3) is 0.765. The lowest BCUT2D eigenvalue weighted by atomic mass is 9.93. The maximum Gasteiger partial charge on any atom is 0.120 e. The minimum Gasteiger partial charge on any atom is -0.508 e. The summed E-state index contributed by atoms with van der Waals surface area (Å²) in [7, 11) is 0. The summed E-state index contributed by atoms with van der Waals surface area (Å²) in [6.07, 6.45) is 45.3. The van der Waals surface area contributed by atoms with Crippen LogP contribution in [0.1, 0.15) is 249 Å². The first-order valence-corrected chi connectivity index (χ1v) is 23.8. The van der Waals surface area contributed by atoms with Gasteiger partial charge in [-0.05, 0) is 56.0 Å². The molecule has 1 N–H and O–H groups in total. The molecule has 0 aromatic heterocycles. The third-order valence-corrected chi connectivity index (χ3v) is 11.8. The Morgan fingerprint density at radius 3 is 1.11 bits per heavy atom. The molecule has 2 rings (SSSR count). The number of hydrogen-bond donors (Lipinski definition) is 1. The molecule has 2 aromatic rings. The molecule has 2 nitrogen and oxygen atoms in total. The van der Waals surface area contributed by atoms with E-state index in [2.05, 4.69) is 62.1 Å². The lowest BCUT2D eigenvalue weighted by Gasteiger charge is -2.33. The van der Waals surface area contributed by atoms with Crippen LogP contribution < -0.4 is 0 Å². The Bertz CT molecular complexity index is 1020. The number of unbranched alkanes of at least 4 members (excludes halogenated alkanes) is 29. The average Bonchev–Trinajstić information content (AvgIpc) is 3.17. The Kier molecular flexibility index (Phi) is 31.0. The van der Waals surface area contributed by atoms with E-state index in [1.165, 1.54) is 223 Å². The van der Waals surface area contributed by atoms with Gasteiger partial charge in [-0.25, -0.2) is 0 Å². The molecule has 0 spiro atoms. The van der Waals surface area contributed by atoms with E-state index < -0.39 is 0 Å². The van der Waals surface area contributed by atoms with Crippen molar-refractivity contribution in [1.82, 2.24) is 4.90 Å². The monoisotopic (exact) mass is 732 g/mol. The predicted molar refractivity (Wildman–Crippen MR) is 236 cm³/mol. The van der Waals surface area contributed by atoms with Crippen LogP contribution in [0.3, 0.4) is 0 Å². The fourth-order valence-corrected chi connectivity index (χ4v) is 8.32. The van der Waals surface area contributed by atoms with Crippen molar-refractivity contribution in [2.24, 2.45) is 0 Å². The second kappa shape index (κ2) is 34.7. The van der Waals surface area contributed by atoms with Gasteiger partial charge in [-0.2, -0.15) is 0 Å². The molecular weight excluding hydrogens is 643 g/mol. The van der Waals surface area contributed by atoms with Crippen LogP contribution in [-0.4, -0.2) is 23.1 Å². The Labute approximate surface area is 331 Å². The van der Waals surface area contributed by atoms with Gasteiger partial charge in [0.15, 0.2) is 0 Å². The minimum atomic E-state index is 0.105. The Morgan fingerprint density at radius 1 is 0.396 bits per heavy atom. The highest BCUT2D eigenvalue weighted by Crippen LogP contribution is 2.35. The molecule has 0 radical (unpaired) electrons. The van der Waals surface area contributed by atoms with Gasteiger partial charge in [0.05, 0.1) is 6.04 Å². The molecule has 0 saturated heterocycles. The Morgan fingerprint density at radius 2 is 0.736 bits per heavy atom. The number of rotatable bonds is 38. The summed E-state index contributed by atoms with van der Waals surface area (Å²) in [5, 5.41) is 11.2. The van der Waals surface area contributed by atoms with Crippen LogP contribution in [-0.2, 0) is 6.42 Å². The smallest absolute Gasteiger partial charge is 0.120 e. The summed E-state index contributed by atoms with van der Waals surface area (Å²) in [5.41, 5.74) is 3.87. The molecule has 0 bridgehead atoms. The van der Waals surface area contributed by atoms with E-state index in [1.54, 1.807) is 0 Å². The van der Waals surface area contributed by atoms with Gasteiger partial charge >= 0.3 is 0 Å². The zero-order valence-corrected chi connectivity index (χ0v) is 35.8. The summed E-state index contributed by atoms with van der Waals surface area (Å²) in [6.45, 7) is 9.12. The van der Waals surface area contributed by atoms with Crippen molar-refractivity contribution in [3.63, 3.8) is 0 Å². The highest BCUT2D eigenvalue weighted by atomic mass is 16.3. The van der Waals surface area contributed by atoms with E-state index in [9.17, 15) is 5.11 Å². The number of aromatic hydroxyl groups is 1. The first-order chi connectivity index (χ1) is 26.2. The second-order valence-corrected chi connectivity index (χ2v) is 16.7. The van der Waals surface area contributed by atoms with Gasteiger partial charge in [0.25, 0.3) is 0 Å². The van der Waals surface area contributed by atoms with Gasteiger partial charge in [-0.15, -0.1) is 0 Å². The molecule has 0 aliphatic carbocycles. The molecule has 53 heavy (non-hydrogen) atoms. The first kappa shape index (κ1) is 47.4. The van der Waals surface area contributed by atoms with Gasteiger partial charge in [0.2, 0.25) is 0 Å². The van der Waals surface area contributed by atoms with Crippen molar-refractivity contribution in [2.75, 3.05) is 13.1 Å². The molecule has 1 atom stereocenters. The van der Waals surface area contributed by atoms with Crippen molar-refractivity contribution < 1.29 is 5.11 Å². The van der Waals surface area contributed by atoms with E-state index in [0.717, 1.165) is 18.7 Å². The first-order valence-electron chi connectivity index (χ1n) is 23.8. The summed E-state index contributed by atoms with van der Waals surface area (Å²) in [6, 6.07) is 17.8. The zero-order valence-electron chi connectivity index (χ0n) is 35.8. The van der Waals surface area contributed by atoms with Gasteiger partial charge < -0.3 is 5.11 Å². The number of aryl methyl sites for hydroxylation is 1. The van der Waals surface area contributed by atoms with E-state index in [1.807, 2.05) is 12.1 Å². The Hall–Kier alpha value is -1.80. The second-order valence-electron chi connectivity index (χ2n) is 16.7. The van der Waals surface area contributed by atoms with Crippen LogP contribution >= 0.6 is 0 Å². The Balaban J connectivity index is 1.95. The number of benzene rings is 2. The van der Waals surface area contributed by atoms with Gasteiger partial charge in [-0.3, -0.25) is 4.90 Å². The summed E-state index contributed by atoms with van der Waals surface area (Å²) in [5.74, 6) is 0.440. The van der Waals surface area contributed by atoms with Crippen molar-refractivity contribution in [2.45, 2.75) is 239 Å². The molecule has 1 unspecified atom stereocenters. The van der Waals surface area contributed by atoms with Crippen LogP contribution in [0.2, 0.25) is 0 Å². The molecular formula is C51H89NO.